The lowest BCUT2D eigenvalue weighted by Crippen LogP contribution is -2.38. The fourth-order valence-electron chi connectivity index (χ4n) is 2.20. The average Bonchev–Trinajstić information content (AvgIpc) is 2.48. The highest BCUT2D eigenvalue weighted by Gasteiger charge is 2.10. The van der Waals surface area contributed by atoms with Crippen molar-refractivity contribution < 1.29 is 4.74 Å². The molecule has 1 unspecified atom stereocenters. The molecule has 0 heterocycles. The van der Waals surface area contributed by atoms with E-state index in [1.54, 1.807) is 0 Å². The Morgan fingerprint density at radius 2 is 2.00 bits per heavy atom. The monoisotopic (exact) mass is 348 g/mol. The van der Waals surface area contributed by atoms with Crippen molar-refractivity contribution in [2.45, 2.75) is 25.8 Å². The van der Waals surface area contributed by atoms with Gasteiger partial charge in [0.1, 0.15) is 5.75 Å². The quantitative estimate of drug-likeness (QED) is 0.593. The summed E-state index contributed by atoms with van der Waals surface area (Å²) in [6, 6.07) is 16.5. The van der Waals surface area contributed by atoms with Gasteiger partial charge in [0.2, 0.25) is 0 Å². The highest BCUT2D eigenvalue weighted by molar-refractivity contribution is 9.10. The van der Waals surface area contributed by atoms with Gasteiger partial charge in [-0.3, -0.25) is 11.3 Å². The van der Waals surface area contributed by atoms with Crippen LogP contribution in [0, 0.1) is 6.92 Å². The van der Waals surface area contributed by atoms with E-state index < -0.39 is 0 Å². The van der Waals surface area contributed by atoms with Crippen LogP contribution in [-0.4, -0.2) is 12.6 Å². The van der Waals surface area contributed by atoms with Crippen LogP contribution in [0.3, 0.4) is 0 Å². The van der Waals surface area contributed by atoms with Gasteiger partial charge >= 0.3 is 0 Å². The van der Waals surface area contributed by atoms with E-state index in [1.165, 1.54) is 11.1 Å². The molecule has 0 aliphatic rings. The molecule has 1 atom stereocenters. The van der Waals surface area contributed by atoms with Crippen LogP contribution >= 0.6 is 15.9 Å². The first-order valence-electron chi connectivity index (χ1n) is 7.08. The molecule has 21 heavy (non-hydrogen) atoms. The van der Waals surface area contributed by atoms with Crippen LogP contribution in [0.5, 0.6) is 5.75 Å². The number of rotatable bonds is 7. The molecule has 0 saturated carbocycles. The number of hydrogen-bond acceptors (Lipinski definition) is 3. The number of hydrazine groups is 1. The number of ether oxygens (including phenoxy) is 1. The minimum atomic E-state index is 0.188. The van der Waals surface area contributed by atoms with Crippen molar-refractivity contribution in [3.8, 4) is 5.75 Å². The van der Waals surface area contributed by atoms with Crippen molar-refractivity contribution in [3.63, 3.8) is 0 Å². The Balaban J connectivity index is 1.84. The van der Waals surface area contributed by atoms with Gasteiger partial charge in [0, 0.05) is 10.5 Å². The van der Waals surface area contributed by atoms with Crippen LogP contribution < -0.4 is 16.0 Å². The predicted octanol–water partition coefficient (Wildman–Crippen LogP) is 3.60. The molecule has 0 fully saturated rings. The molecule has 4 heteroatoms. The van der Waals surface area contributed by atoms with Gasteiger partial charge in [-0.15, -0.1) is 0 Å². The molecule has 0 bridgehead atoms. The van der Waals surface area contributed by atoms with E-state index in [2.05, 4.69) is 40.4 Å². The first-order chi connectivity index (χ1) is 10.2. The number of nitrogens with two attached hydrogens (primary N) is 1. The first-order valence-corrected chi connectivity index (χ1v) is 7.87. The van der Waals surface area contributed by atoms with Crippen molar-refractivity contribution in [1.29, 1.82) is 0 Å². The summed E-state index contributed by atoms with van der Waals surface area (Å²) in [5.41, 5.74) is 5.32. The van der Waals surface area contributed by atoms with Crippen LogP contribution in [0.4, 0.5) is 0 Å². The maximum Gasteiger partial charge on any atom is 0.119 e. The molecule has 0 spiro atoms. The number of halogens is 1. The summed E-state index contributed by atoms with van der Waals surface area (Å²) in [4.78, 5) is 0. The topological polar surface area (TPSA) is 47.3 Å². The second-order valence-electron chi connectivity index (χ2n) is 5.11. The minimum absolute atomic E-state index is 0.188. The van der Waals surface area contributed by atoms with Gasteiger partial charge < -0.3 is 4.74 Å². The minimum Gasteiger partial charge on any atom is -0.494 e. The summed E-state index contributed by atoms with van der Waals surface area (Å²) in [7, 11) is 0. The summed E-state index contributed by atoms with van der Waals surface area (Å²) < 4.78 is 6.90. The highest BCUT2D eigenvalue weighted by Crippen LogP contribution is 2.18. The third kappa shape index (κ3) is 5.16. The van der Waals surface area contributed by atoms with E-state index in [0.717, 1.165) is 23.1 Å². The second kappa shape index (κ2) is 8.17. The van der Waals surface area contributed by atoms with Crippen molar-refractivity contribution in [2.24, 2.45) is 5.84 Å². The zero-order chi connectivity index (χ0) is 15.1. The van der Waals surface area contributed by atoms with Gasteiger partial charge in [0.25, 0.3) is 0 Å². The molecule has 0 aliphatic carbocycles. The molecular formula is C17H21BrN2O. The fraction of sp³-hybridized carbons (Fsp3) is 0.294. The molecule has 0 saturated heterocycles. The summed E-state index contributed by atoms with van der Waals surface area (Å²) in [5.74, 6) is 6.56. The molecule has 2 aromatic rings. The van der Waals surface area contributed by atoms with Gasteiger partial charge in [-0.1, -0.05) is 46.3 Å². The Hall–Kier alpha value is -1.36. The lowest BCUT2D eigenvalue weighted by Gasteiger charge is -2.17. The average molecular weight is 349 g/mol. The van der Waals surface area contributed by atoms with Crippen LogP contribution in [-0.2, 0) is 6.42 Å². The van der Waals surface area contributed by atoms with Crippen molar-refractivity contribution in [3.05, 3.63) is 64.1 Å². The Morgan fingerprint density at radius 3 is 2.71 bits per heavy atom. The first kappa shape index (κ1) is 16.0. The molecule has 3 N–H and O–H groups in total. The number of nitrogens with one attached hydrogen (secondary N) is 1. The smallest absolute Gasteiger partial charge is 0.119 e. The van der Waals surface area contributed by atoms with E-state index in [9.17, 15) is 0 Å². The van der Waals surface area contributed by atoms with E-state index >= 15 is 0 Å². The molecule has 2 aromatic carbocycles. The molecule has 2 rings (SSSR count). The lowest BCUT2D eigenvalue weighted by atomic mass is 10.0. The lowest BCUT2D eigenvalue weighted by molar-refractivity contribution is 0.285. The third-order valence-electron chi connectivity index (χ3n) is 3.38. The Kier molecular flexibility index (Phi) is 6.23. The Bertz CT molecular complexity index is 574. The van der Waals surface area contributed by atoms with E-state index in [0.29, 0.717) is 6.61 Å². The van der Waals surface area contributed by atoms with Gasteiger partial charge in [0.15, 0.2) is 0 Å². The highest BCUT2D eigenvalue weighted by atomic mass is 79.9. The zero-order valence-electron chi connectivity index (χ0n) is 12.2. The van der Waals surface area contributed by atoms with Crippen molar-refractivity contribution >= 4 is 15.9 Å². The van der Waals surface area contributed by atoms with E-state index in [4.69, 9.17) is 10.6 Å². The van der Waals surface area contributed by atoms with Crippen LogP contribution in [0.15, 0.2) is 53.0 Å². The summed E-state index contributed by atoms with van der Waals surface area (Å²) in [5, 5.41) is 0. The summed E-state index contributed by atoms with van der Waals surface area (Å²) in [6.07, 6.45) is 1.72. The van der Waals surface area contributed by atoms with Gasteiger partial charge in [-0.05, 0) is 49.1 Å². The Morgan fingerprint density at radius 1 is 1.19 bits per heavy atom. The second-order valence-corrected chi connectivity index (χ2v) is 5.97. The van der Waals surface area contributed by atoms with E-state index in [1.807, 2.05) is 36.4 Å². The third-order valence-corrected chi connectivity index (χ3v) is 4.16. The number of hydrogen-bond donors (Lipinski definition) is 2. The number of aryl methyl sites for hydroxylation is 1. The van der Waals surface area contributed by atoms with Gasteiger partial charge in [-0.2, -0.15) is 0 Å². The molecule has 3 nitrogen and oxygen atoms in total. The molecular weight excluding hydrogens is 328 g/mol. The van der Waals surface area contributed by atoms with Gasteiger partial charge in [0.05, 0.1) is 6.61 Å². The number of benzene rings is 2. The maximum absolute atomic E-state index is 5.78. The van der Waals surface area contributed by atoms with Gasteiger partial charge in [-0.25, -0.2) is 0 Å². The van der Waals surface area contributed by atoms with Crippen molar-refractivity contribution in [1.82, 2.24) is 5.43 Å². The molecule has 0 aliphatic heterocycles. The van der Waals surface area contributed by atoms with Crippen LogP contribution in [0.2, 0.25) is 0 Å². The zero-order valence-corrected chi connectivity index (χ0v) is 13.8. The van der Waals surface area contributed by atoms with E-state index in [-0.39, 0.29) is 6.04 Å². The fourth-order valence-corrected chi connectivity index (χ4v) is 2.64. The standard InChI is InChI=1S/C17H21BrN2O/c1-13-5-4-7-16(11-13)21-10-9-15(20-19)12-14-6-2-3-8-17(14)18/h2-8,11,15,20H,9-10,12,19H2,1H3. The summed E-state index contributed by atoms with van der Waals surface area (Å²) in [6.45, 7) is 2.70. The van der Waals surface area contributed by atoms with Crippen LogP contribution in [0.25, 0.3) is 0 Å². The molecule has 0 aromatic heterocycles. The largest absolute Gasteiger partial charge is 0.494 e. The SMILES string of the molecule is Cc1cccc(OCCC(Cc2ccccc2Br)NN)c1. The van der Waals surface area contributed by atoms with Crippen molar-refractivity contribution in [2.75, 3.05) is 6.61 Å². The predicted molar refractivity (Wildman–Crippen MR) is 90.2 cm³/mol. The molecule has 112 valence electrons. The summed E-state index contributed by atoms with van der Waals surface area (Å²) >= 11 is 3.57. The normalized spacial score (nSPS) is 12.1. The molecule has 0 radical (unpaired) electrons. The van der Waals surface area contributed by atoms with Crippen LogP contribution in [0.1, 0.15) is 17.5 Å². The molecule has 0 amide bonds. The maximum atomic E-state index is 5.78. The Labute approximate surface area is 134 Å².